The maximum Gasteiger partial charge on any atom is 0.319 e. The molecule has 0 saturated carbocycles. The average Bonchev–Trinajstić information content (AvgIpc) is 2.96. The molecule has 118 valence electrons. The van der Waals surface area contributed by atoms with Crippen LogP contribution in [0.5, 0.6) is 0 Å². The van der Waals surface area contributed by atoms with Crippen LogP contribution in [0.1, 0.15) is 17.9 Å². The van der Waals surface area contributed by atoms with E-state index in [1.807, 2.05) is 44.4 Å². The van der Waals surface area contributed by atoms with Crippen LogP contribution >= 0.6 is 0 Å². The number of hydrogen-bond donors (Lipinski definition) is 1. The number of guanidine groups is 1. The van der Waals surface area contributed by atoms with Crippen LogP contribution in [0.25, 0.3) is 0 Å². The third-order valence-electron chi connectivity index (χ3n) is 3.04. The quantitative estimate of drug-likeness (QED) is 0.682. The van der Waals surface area contributed by atoms with Gasteiger partial charge in [0.05, 0.1) is 13.1 Å². The first-order valence-electron chi connectivity index (χ1n) is 6.87. The van der Waals surface area contributed by atoms with E-state index in [2.05, 4.69) is 15.3 Å². The van der Waals surface area contributed by atoms with Crippen LogP contribution < -0.4 is 5.32 Å². The van der Waals surface area contributed by atoms with E-state index in [0.29, 0.717) is 12.5 Å². The Bertz CT molecular complexity index is 607. The summed E-state index contributed by atoms with van der Waals surface area (Å²) in [7, 11) is 3.69. The molecule has 5 nitrogen and oxygen atoms in total. The molecule has 0 aliphatic heterocycles. The molecule has 22 heavy (non-hydrogen) atoms. The second-order valence-electron chi connectivity index (χ2n) is 4.90. The Labute approximate surface area is 128 Å². The second kappa shape index (κ2) is 7.53. The summed E-state index contributed by atoms with van der Waals surface area (Å²) in [5.74, 6) is 0.886. The van der Waals surface area contributed by atoms with E-state index in [9.17, 15) is 8.78 Å². The van der Waals surface area contributed by atoms with Crippen LogP contribution in [-0.2, 0) is 13.1 Å². The Balaban J connectivity index is 2.01. The number of nitrogens with zero attached hydrogens (tertiary/aromatic N) is 4. The average molecular weight is 307 g/mol. The summed E-state index contributed by atoms with van der Waals surface area (Å²) >= 11 is 0. The van der Waals surface area contributed by atoms with Gasteiger partial charge in [-0.05, 0) is 5.56 Å². The van der Waals surface area contributed by atoms with Crippen molar-refractivity contribution in [1.29, 1.82) is 0 Å². The number of rotatable bonds is 5. The lowest BCUT2D eigenvalue weighted by molar-refractivity contribution is 0.0668. The molecule has 1 N–H and O–H groups in total. The number of imidazole rings is 1. The molecule has 0 amide bonds. The summed E-state index contributed by atoms with van der Waals surface area (Å²) in [5, 5.41) is 3.05. The molecule has 0 radical (unpaired) electrons. The van der Waals surface area contributed by atoms with E-state index in [1.165, 1.54) is 12.4 Å². The van der Waals surface area contributed by atoms with Crippen LogP contribution in [0.2, 0.25) is 0 Å². The highest BCUT2D eigenvalue weighted by Gasteiger charge is 2.12. The Morgan fingerprint density at radius 1 is 1.32 bits per heavy atom. The molecule has 0 atom stereocenters. The fraction of sp³-hybridized carbons (Fsp3) is 0.333. The zero-order chi connectivity index (χ0) is 15.9. The summed E-state index contributed by atoms with van der Waals surface area (Å²) < 4.78 is 26.4. The monoisotopic (exact) mass is 307 g/mol. The molecular formula is C15H19F2N5. The molecule has 0 spiro atoms. The summed E-state index contributed by atoms with van der Waals surface area (Å²) in [6.45, 7) is -1.89. The van der Waals surface area contributed by atoms with E-state index in [1.54, 1.807) is 4.90 Å². The molecule has 2 aromatic rings. The molecule has 0 fully saturated rings. The third-order valence-corrected chi connectivity index (χ3v) is 3.04. The first-order chi connectivity index (χ1) is 10.6. The van der Waals surface area contributed by atoms with Crippen LogP contribution in [-0.4, -0.2) is 34.5 Å². The zero-order valence-corrected chi connectivity index (χ0v) is 12.6. The maximum atomic E-state index is 12.8. The van der Waals surface area contributed by atoms with Gasteiger partial charge in [-0.3, -0.25) is 4.57 Å². The van der Waals surface area contributed by atoms with Gasteiger partial charge in [-0.15, -0.1) is 0 Å². The van der Waals surface area contributed by atoms with E-state index in [0.717, 1.165) is 10.1 Å². The SMILES string of the molecule is CN(C)C(=NCc1ccccc1)NCc1nccn1C(F)F. The Morgan fingerprint density at radius 3 is 2.68 bits per heavy atom. The molecule has 0 aliphatic rings. The van der Waals surface area contributed by atoms with E-state index < -0.39 is 6.55 Å². The molecule has 0 aliphatic carbocycles. The summed E-state index contributed by atoms with van der Waals surface area (Å²) in [6, 6.07) is 9.82. The fourth-order valence-electron chi connectivity index (χ4n) is 1.92. The number of alkyl halides is 2. The zero-order valence-electron chi connectivity index (χ0n) is 12.6. The van der Waals surface area contributed by atoms with Gasteiger partial charge in [0, 0.05) is 26.5 Å². The van der Waals surface area contributed by atoms with Crippen molar-refractivity contribution in [1.82, 2.24) is 19.8 Å². The predicted octanol–water partition coefficient (Wildman–Crippen LogP) is 2.49. The molecule has 1 aromatic carbocycles. The molecule has 1 heterocycles. The van der Waals surface area contributed by atoms with Crippen molar-refractivity contribution >= 4 is 5.96 Å². The van der Waals surface area contributed by atoms with Crippen molar-refractivity contribution in [2.45, 2.75) is 19.6 Å². The number of aliphatic imine (C=N–C) groups is 1. The van der Waals surface area contributed by atoms with Crippen LogP contribution in [0.4, 0.5) is 8.78 Å². The summed E-state index contributed by atoms with van der Waals surface area (Å²) in [6.07, 6.45) is 2.62. The van der Waals surface area contributed by atoms with Gasteiger partial charge in [0.2, 0.25) is 0 Å². The van der Waals surface area contributed by atoms with Crippen molar-refractivity contribution in [3.8, 4) is 0 Å². The minimum absolute atomic E-state index is 0.184. The maximum absolute atomic E-state index is 12.8. The van der Waals surface area contributed by atoms with Crippen molar-refractivity contribution < 1.29 is 8.78 Å². The molecule has 1 aromatic heterocycles. The number of benzene rings is 1. The van der Waals surface area contributed by atoms with E-state index in [-0.39, 0.29) is 12.4 Å². The van der Waals surface area contributed by atoms with Crippen LogP contribution in [0, 0.1) is 0 Å². The smallest absolute Gasteiger partial charge is 0.319 e. The summed E-state index contributed by atoms with van der Waals surface area (Å²) in [4.78, 5) is 10.2. The van der Waals surface area contributed by atoms with Gasteiger partial charge < -0.3 is 10.2 Å². The van der Waals surface area contributed by atoms with Crippen molar-refractivity contribution in [3.63, 3.8) is 0 Å². The molecule has 0 bridgehead atoms. The standard InChI is InChI=1S/C15H19F2N5/c1-21(2)15(19-10-12-6-4-3-5-7-12)20-11-13-18-8-9-22(13)14(16)17/h3-9,14H,10-11H2,1-2H3,(H,19,20). The second-order valence-corrected chi connectivity index (χ2v) is 4.90. The number of halogens is 2. The lowest BCUT2D eigenvalue weighted by atomic mass is 10.2. The van der Waals surface area contributed by atoms with Gasteiger partial charge in [-0.25, -0.2) is 9.98 Å². The van der Waals surface area contributed by atoms with Gasteiger partial charge in [0.25, 0.3) is 0 Å². The van der Waals surface area contributed by atoms with Crippen molar-refractivity contribution in [2.24, 2.45) is 4.99 Å². The first-order valence-corrected chi connectivity index (χ1v) is 6.87. The number of hydrogen-bond acceptors (Lipinski definition) is 2. The topological polar surface area (TPSA) is 45.4 Å². The van der Waals surface area contributed by atoms with Crippen molar-refractivity contribution in [3.05, 3.63) is 54.1 Å². The lowest BCUT2D eigenvalue weighted by Gasteiger charge is -2.18. The predicted molar refractivity (Wildman–Crippen MR) is 81.6 cm³/mol. The van der Waals surface area contributed by atoms with Crippen molar-refractivity contribution in [2.75, 3.05) is 14.1 Å². The largest absolute Gasteiger partial charge is 0.349 e. The molecule has 7 heteroatoms. The van der Waals surface area contributed by atoms with Gasteiger partial charge in [-0.2, -0.15) is 8.78 Å². The molecule has 0 saturated heterocycles. The van der Waals surface area contributed by atoms with Gasteiger partial charge in [-0.1, -0.05) is 30.3 Å². The fourth-order valence-corrected chi connectivity index (χ4v) is 1.92. The highest BCUT2D eigenvalue weighted by atomic mass is 19.3. The highest BCUT2D eigenvalue weighted by molar-refractivity contribution is 5.79. The van der Waals surface area contributed by atoms with E-state index in [4.69, 9.17) is 0 Å². The first kappa shape index (κ1) is 15.9. The van der Waals surface area contributed by atoms with E-state index >= 15 is 0 Å². The van der Waals surface area contributed by atoms with Gasteiger partial charge in [0.15, 0.2) is 5.96 Å². The third kappa shape index (κ3) is 4.28. The number of nitrogens with one attached hydrogen (secondary N) is 1. The molecule has 0 unspecified atom stereocenters. The lowest BCUT2D eigenvalue weighted by Crippen LogP contribution is -2.36. The normalized spacial score (nSPS) is 11.8. The van der Waals surface area contributed by atoms with Gasteiger partial charge in [0.1, 0.15) is 5.82 Å². The highest BCUT2D eigenvalue weighted by Crippen LogP contribution is 2.12. The Morgan fingerprint density at radius 2 is 2.05 bits per heavy atom. The minimum Gasteiger partial charge on any atom is -0.349 e. The minimum atomic E-state index is -2.59. The summed E-state index contributed by atoms with van der Waals surface area (Å²) in [5.41, 5.74) is 1.08. The van der Waals surface area contributed by atoms with Crippen LogP contribution in [0.3, 0.4) is 0 Å². The van der Waals surface area contributed by atoms with Gasteiger partial charge >= 0.3 is 6.55 Å². The Kier molecular flexibility index (Phi) is 5.46. The molecule has 2 rings (SSSR count). The Hall–Kier alpha value is -2.44. The molecular weight excluding hydrogens is 288 g/mol. The number of aromatic nitrogens is 2. The van der Waals surface area contributed by atoms with Crippen LogP contribution in [0.15, 0.2) is 47.7 Å².